The van der Waals surface area contributed by atoms with Gasteiger partial charge in [-0.2, -0.15) is 0 Å². The lowest BCUT2D eigenvalue weighted by atomic mass is 9.99. The molecule has 0 radical (unpaired) electrons. The first-order valence-corrected chi connectivity index (χ1v) is 7.30. The standard InChI is InChI=1S/C16H13Cl2N3/c17-12-2-1-3-13(18)11(12)9-14(19)10-4-5-15-16(8-10)21-7-6-20-15/h1-8,14H,9,19H2. The molecular formula is C16H13Cl2N3. The second-order valence-corrected chi connectivity index (χ2v) is 5.63. The molecule has 3 aromatic rings. The minimum atomic E-state index is -0.200. The third-order valence-corrected chi connectivity index (χ3v) is 4.12. The van der Waals surface area contributed by atoms with Gasteiger partial charge in [-0.25, -0.2) is 0 Å². The molecule has 0 amide bonds. The highest BCUT2D eigenvalue weighted by molar-refractivity contribution is 6.36. The van der Waals surface area contributed by atoms with Crippen molar-refractivity contribution in [1.29, 1.82) is 0 Å². The summed E-state index contributed by atoms with van der Waals surface area (Å²) in [5.41, 5.74) is 9.82. The van der Waals surface area contributed by atoms with E-state index in [-0.39, 0.29) is 6.04 Å². The molecule has 0 aliphatic rings. The number of rotatable bonds is 3. The van der Waals surface area contributed by atoms with E-state index >= 15 is 0 Å². The Kier molecular flexibility index (Phi) is 4.06. The summed E-state index contributed by atoms with van der Waals surface area (Å²) in [7, 11) is 0. The van der Waals surface area contributed by atoms with E-state index < -0.39 is 0 Å². The lowest BCUT2D eigenvalue weighted by Crippen LogP contribution is -2.14. The lowest BCUT2D eigenvalue weighted by molar-refractivity contribution is 0.723. The van der Waals surface area contributed by atoms with Crippen LogP contribution in [0.5, 0.6) is 0 Å². The van der Waals surface area contributed by atoms with Gasteiger partial charge in [-0.3, -0.25) is 9.97 Å². The highest BCUT2D eigenvalue weighted by atomic mass is 35.5. The quantitative estimate of drug-likeness (QED) is 0.788. The molecule has 0 aliphatic carbocycles. The number of nitrogens with two attached hydrogens (primary N) is 1. The Morgan fingerprint density at radius 3 is 2.33 bits per heavy atom. The second-order valence-electron chi connectivity index (χ2n) is 4.82. The minimum Gasteiger partial charge on any atom is -0.324 e. The van der Waals surface area contributed by atoms with E-state index in [1.165, 1.54) is 0 Å². The van der Waals surface area contributed by atoms with E-state index in [9.17, 15) is 0 Å². The molecule has 3 rings (SSSR count). The van der Waals surface area contributed by atoms with Crippen LogP contribution in [0.25, 0.3) is 11.0 Å². The summed E-state index contributed by atoms with van der Waals surface area (Å²) >= 11 is 12.4. The van der Waals surface area contributed by atoms with E-state index in [2.05, 4.69) is 9.97 Å². The molecule has 0 fully saturated rings. The van der Waals surface area contributed by atoms with Gasteiger partial charge in [-0.1, -0.05) is 35.3 Å². The Morgan fingerprint density at radius 2 is 1.62 bits per heavy atom. The molecule has 0 saturated heterocycles. The smallest absolute Gasteiger partial charge is 0.0890 e. The van der Waals surface area contributed by atoms with E-state index in [4.69, 9.17) is 28.9 Å². The molecule has 5 heteroatoms. The van der Waals surface area contributed by atoms with Crippen molar-refractivity contribution in [3.8, 4) is 0 Å². The zero-order valence-corrected chi connectivity index (χ0v) is 12.6. The van der Waals surface area contributed by atoms with Crippen molar-refractivity contribution in [2.24, 2.45) is 5.73 Å². The number of halogens is 2. The van der Waals surface area contributed by atoms with Crippen molar-refractivity contribution in [3.63, 3.8) is 0 Å². The zero-order valence-electron chi connectivity index (χ0n) is 11.1. The molecule has 2 aromatic carbocycles. The average Bonchev–Trinajstić information content (AvgIpc) is 2.50. The Bertz CT molecular complexity index is 769. The first-order chi connectivity index (χ1) is 10.1. The third-order valence-electron chi connectivity index (χ3n) is 3.41. The van der Waals surface area contributed by atoms with Gasteiger partial charge in [-0.15, -0.1) is 0 Å². The fourth-order valence-electron chi connectivity index (χ4n) is 2.28. The van der Waals surface area contributed by atoms with Crippen LogP contribution in [0.1, 0.15) is 17.2 Å². The molecule has 0 spiro atoms. The van der Waals surface area contributed by atoms with Crippen LogP contribution < -0.4 is 5.73 Å². The van der Waals surface area contributed by atoms with E-state index in [0.717, 1.165) is 22.2 Å². The van der Waals surface area contributed by atoms with Gasteiger partial charge < -0.3 is 5.73 Å². The van der Waals surface area contributed by atoms with Gasteiger partial charge in [-0.05, 0) is 41.8 Å². The Labute approximate surface area is 132 Å². The first-order valence-electron chi connectivity index (χ1n) is 6.54. The van der Waals surface area contributed by atoms with Crippen molar-refractivity contribution in [3.05, 3.63) is 70.0 Å². The van der Waals surface area contributed by atoms with Crippen LogP contribution in [-0.2, 0) is 6.42 Å². The van der Waals surface area contributed by atoms with Crippen molar-refractivity contribution in [2.45, 2.75) is 12.5 Å². The van der Waals surface area contributed by atoms with Crippen molar-refractivity contribution in [2.75, 3.05) is 0 Å². The number of nitrogens with zero attached hydrogens (tertiary/aromatic N) is 2. The van der Waals surface area contributed by atoms with Crippen molar-refractivity contribution < 1.29 is 0 Å². The molecule has 0 bridgehead atoms. The average molecular weight is 318 g/mol. The molecule has 0 aliphatic heterocycles. The summed E-state index contributed by atoms with van der Waals surface area (Å²) in [6.45, 7) is 0. The Morgan fingerprint density at radius 1 is 0.952 bits per heavy atom. The molecule has 0 saturated carbocycles. The molecule has 1 atom stereocenters. The molecule has 1 aromatic heterocycles. The molecule has 1 heterocycles. The number of benzene rings is 2. The van der Waals surface area contributed by atoms with Crippen LogP contribution in [0, 0.1) is 0 Å². The summed E-state index contributed by atoms with van der Waals surface area (Å²) in [6.07, 6.45) is 3.91. The highest BCUT2D eigenvalue weighted by Crippen LogP contribution is 2.29. The minimum absolute atomic E-state index is 0.200. The van der Waals surface area contributed by atoms with Crippen LogP contribution in [0.15, 0.2) is 48.8 Å². The number of aromatic nitrogens is 2. The van der Waals surface area contributed by atoms with Gasteiger partial charge in [0.05, 0.1) is 11.0 Å². The molecule has 106 valence electrons. The van der Waals surface area contributed by atoms with E-state index in [1.54, 1.807) is 12.4 Å². The monoisotopic (exact) mass is 317 g/mol. The Hall–Kier alpha value is -1.68. The molecule has 1 unspecified atom stereocenters. The van der Waals surface area contributed by atoms with Crippen LogP contribution in [0.4, 0.5) is 0 Å². The van der Waals surface area contributed by atoms with Crippen LogP contribution in [-0.4, -0.2) is 9.97 Å². The maximum Gasteiger partial charge on any atom is 0.0890 e. The van der Waals surface area contributed by atoms with E-state index in [1.807, 2.05) is 36.4 Å². The van der Waals surface area contributed by atoms with Gasteiger partial charge >= 0.3 is 0 Å². The molecule has 2 N–H and O–H groups in total. The topological polar surface area (TPSA) is 51.8 Å². The Balaban J connectivity index is 1.91. The van der Waals surface area contributed by atoms with Gasteiger partial charge in [0.1, 0.15) is 0 Å². The fraction of sp³-hybridized carbons (Fsp3) is 0.125. The van der Waals surface area contributed by atoms with Gasteiger partial charge in [0.25, 0.3) is 0 Å². The maximum atomic E-state index is 6.29. The largest absolute Gasteiger partial charge is 0.324 e. The summed E-state index contributed by atoms with van der Waals surface area (Å²) in [5, 5.41) is 1.28. The van der Waals surface area contributed by atoms with Gasteiger partial charge in [0, 0.05) is 28.5 Å². The predicted molar refractivity (Wildman–Crippen MR) is 86.6 cm³/mol. The summed E-state index contributed by atoms with van der Waals surface area (Å²) < 4.78 is 0. The third kappa shape index (κ3) is 3.00. The number of hydrogen-bond donors (Lipinski definition) is 1. The molecular weight excluding hydrogens is 305 g/mol. The maximum absolute atomic E-state index is 6.29. The van der Waals surface area contributed by atoms with Crippen molar-refractivity contribution in [1.82, 2.24) is 9.97 Å². The van der Waals surface area contributed by atoms with Crippen LogP contribution in [0.2, 0.25) is 10.0 Å². The number of hydrogen-bond acceptors (Lipinski definition) is 3. The summed E-state index contributed by atoms with van der Waals surface area (Å²) in [6, 6.07) is 11.1. The summed E-state index contributed by atoms with van der Waals surface area (Å²) in [5.74, 6) is 0. The fourth-order valence-corrected chi connectivity index (χ4v) is 2.83. The van der Waals surface area contributed by atoms with Crippen LogP contribution in [0.3, 0.4) is 0 Å². The van der Waals surface area contributed by atoms with Crippen LogP contribution >= 0.6 is 23.2 Å². The first kappa shape index (κ1) is 14.3. The normalized spacial score (nSPS) is 12.5. The lowest BCUT2D eigenvalue weighted by Gasteiger charge is -2.14. The highest BCUT2D eigenvalue weighted by Gasteiger charge is 2.13. The SMILES string of the molecule is NC(Cc1c(Cl)cccc1Cl)c1ccc2nccnc2c1. The summed E-state index contributed by atoms with van der Waals surface area (Å²) in [4.78, 5) is 8.54. The van der Waals surface area contributed by atoms with Gasteiger partial charge in [0.15, 0.2) is 0 Å². The molecule has 3 nitrogen and oxygen atoms in total. The zero-order chi connectivity index (χ0) is 14.8. The van der Waals surface area contributed by atoms with Crippen molar-refractivity contribution >= 4 is 34.2 Å². The number of fused-ring (bicyclic) bond motifs is 1. The van der Waals surface area contributed by atoms with E-state index in [0.29, 0.717) is 16.5 Å². The molecule has 21 heavy (non-hydrogen) atoms. The predicted octanol–water partition coefficient (Wildman–Crippen LogP) is 4.18. The van der Waals surface area contributed by atoms with Gasteiger partial charge in [0.2, 0.25) is 0 Å². The second kappa shape index (κ2) is 5.98.